The zero-order valence-electron chi connectivity index (χ0n) is 11.8. The molecular formula is C16H24O3. The van der Waals surface area contributed by atoms with Crippen molar-refractivity contribution < 1.29 is 14.3 Å². The Hall–Kier alpha value is -0.570. The van der Waals surface area contributed by atoms with Crippen molar-refractivity contribution in [1.29, 1.82) is 0 Å². The van der Waals surface area contributed by atoms with Gasteiger partial charge in [0.15, 0.2) is 0 Å². The molecule has 3 aliphatic carbocycles. The summed E-state index contributed by atoms with van der Waals surface area (Å²) in [4.78, 5) is 10.8. The van der Waals surface area contributed by atoms with Crippen LogP contribution in [0.3, 0.4) is 0 Å². The van der Waals surface area contributed by atoms with Crippen molar-refractivity contribution in [2.75, 3.05) is 13.2 Å². The summed E-state index contributed by atoms with van der Waals surface area (Å²) in [6.45, 7) is 3.08. The first-order chi connectivity index (χ1) is 9.21. The second kappa shape index (κ2) is 4.21. The molecule has 106 valence electrons. The number of hydrogen-bond donors (Lipinski definition) is 0. The molecule has 1 aliphatic heterocycles. The molecule has 4 rings (SSSR count). The van der Waals surface area contributed by atoms with Gasteiger partial charge in [-0.2, -0.15) is 0 Å². The largest absolute Gasteiger partial charge is 0.466 e. The fourth-order valence-electron chi connectivity index (χ4n) is 5.53. The summed E-state index contributed by atoms with van der Waals surface area (Å²) in [6.07, 6.45) is 7.92. The van der Waals surface area contributed by atoms with E-state index < -0.39 is 0 Å². The van der Waals surface area contributed by atoms with Gasteiger partial charge in [-0.3, -0.25) is 4.79 Å². The van der Waals surface area contributed by atoms with E-state index >= 15 is 0 Å². The van der Waals surface area contributed by atoms with Gasteiger partial charge in [0.25, 0.3) is 0 Å². The highest BCUT2D eigenvalue weighted by Crippen LogP contribution is 2.68. The number of hydrogen-bond acceptors (Lipinski definition) is 3. The highest BCUT2D eigenvalue weighted by molar-refractivity contribution is 5.65. The molecule has 1 spiro atoms. The van der Waals surface area contributed by atoms with E-state index in [1.54, 1.807) is 0 Å². The molecule has 3 heteroatoms. The highest BCUT2D eigenvalue weighted by Gasteiger charge is 2.69. The van der Waals surface area contributed by atoms with E-state index in [4.69, 9.17) is 9.47 Å². The van der Waals surface area contributed by atoms with Crippen molar-refractivity contribution in [1.82, 2.24) is 0 Å². The minimum atomic E-state index is -0.154. The molecule has 0 radical (unpaired) electrons. The van der Waals surface area contributed by atoms with E-state index in [9.17, 15) is 4.79 Å². The van der Waals surface area contributed by atoms with Gasteiger partial charge in [0.2, 0.25) is 0 Å². The Labute approximate surface area is 115 Å². The van der Waals surface area contributed by atoms with Crippen LogP contribution in [0.15, 0.2) is 0 Å². The van der Waals surface area contributed by atoms with Crippen LogP contribution in [0.4, 0.5) is 0 Å². The fourth-order valence-corrected chi connectivity index (χ4v) is 5.53. The zero-order valence-corrected chi connectivity index (χ0v) is 11.8. The summed E-state index contributed by atoms with van der Waals surface area (Å²) in [5.41, 5.74) is 0.262. The van der Waals surface area contributed by atoms with E-state index in [0.29, 0.717) is 6.61 Å². The number of carbonyl (C=O) groups excluding carboxylic acids is 1. The van der Waals surface area contributed by atoms with Gasteiger partial charge < -0.3 is 9.47 Å². The first-order valence-electron chi connectivity index (χ1n) is 7.98. The van der Waals surface area contributed by atoms with Gasteiger partial charge in [0.05, 0.1) is 18.8 Å². The number of carbonyl (C=O) groups is 1. The number of esters is 1. The average Bonchev–Trinajstić information content (AvgIpc) is 3.02. The second-order valence-corrected chi connectivity index (χ2v) is 7.18. The van der Waals surface area contributed by atoms with Gasteiger partial charge in [0, 0.05) is 6.92 Å². The lowest BCUT2D eigenvalue weighted by Crippen LogP contribution is -2.53. The van der Waals surface area contributed by atoms with Crippen molar-refractivity contribution in [3.63, 3.8) is 0 Å². The van der Waals surface area contributed by atoms with Gasteiger partial charge in [-0.1, -0.05) is 0 Å². The summed E-state index contributed by atoms with van der Waals surface area (Å²) < 4.78 is 11.0. The molecule has 0 aromatic heterocycles. The van der Waals surface area contributed by atoms with Crippen LogP contribution in [0, 0.1) is 29.6 Å². The molecule has 3 nitrogen and oxygen atoms in total. The van der Waals surface area contributed by atoms with E-state index in [1.807, 2.05) is 0 Å². The third-order valence-electron chi connectivity index (χ3n) is 6.40. The van der Waals surface area contributed by atoms with Gasteiger partial charge in [-0.05, 0) is 68.1 Å². The molecule has 1 heterocycles. The van der Waals surface area contributed by atoms with Gasteiger partial charge in [-0.25, -0.2) is 0 Å². The van der Waals surface area contributed by atoms with Crippen molar-refractivity contribution in [3.05, 3.63) is 0 Å². The smallest absolute Gasteiger partial charge is 0.302 e. The predicted octanol–water partition coefficient (Wildman–Crippen LogP) is 2.78. The van der Waals surface area contributed by atoms with E-state index in [1.165, 1.54) is 39.0 Å². The molecule has 0 amide bonds. The average molecular weight is 264 g/mol. The summed E-state index contributed by atoms with van der Waals surface area (Å²) in [5.74, 6) is 4.48. The summed E-state index contributed by atoms with van der Waals surface area (Å²) in [5, 5.41) is 0. The first kappa shape index (κ1) is 12.2. The van der Waals surface area contributed by atoms with Gasteiger partial charge >= 0.3 is 5.97 Å². The second-order valence-electron chi connectivity index (χ2n) is 7.18. The van der Waals surface area contributed by atoms with Crippen LogP contribution in [0.1, 0.15) is 45.4 Å². The Bertz CT molecular complexity index is 387. The maximum absolute atomic E-state index is 10.8. The lowest BCUT2D eigenvalue weighted by Gasteiger charge is -2.53. The highest BCUT2D eigenvalue weighted by atomic mass is 16.6. The van der Waals surface area contributed by atoms with Crippen molar-refractivity contribution >= 4 is 5.97 Å². The molecule has 4 aliphatic rings. The van der Waals surface area contributed by atoms with Crippen LogP contribution >= 0.6 is 0 Å². The predicted molar refractivity (Wildman–Crippen MR) is 70.5 cm³/mol. The zero-order chi connectivity index (χ0) is 13.0. The third kappa shape index (κ3) is 1.77. The maximum Gasteiger partial charge on any atom is 0.302 e. The summed E-state index contributed by atoms with van der Waals surface area (Å²) >= 11 is 0. The molecule has 4 fully saturated rings. The topological polar surface area (TPSA) is 38.8 Å². The van der Waals surface area contributed by atoms with Crippen LogP contribution < -0.4 is 0 Å². The molecule has 0 bridgehead atoms. The monoisotopic (exact) mass is 264 g/mol. The molecule has 3 saturated carbocycles. The van der Waals surface area contributed by atoms with Crippen LogP contribution in [-0.4, -0.2) is 24.8 Å². The minimum absolute atomic E-state index is 0.154. The maximum atomic E-state index is 10.8. The fraction of sp³-hybridized carbons (Fsp3) is 0.938. The molecule has 0 aromatic rings. The SMILES string of the molecule is CC(=O)OCCCC1CC2CCC3CC(C23)C12CO2. The van der Waals surface area contributed by atoms with E-state index in [0.717, 1.165) is 42.6 Å². The molecule has 6 atom stereocenters. The Balaban J connectivity index is 1.37. The van der Waals surface area contributed by atoms with Crippen molar-refractivity contribution in [2.45, 2.75) is 51.0 Å². The number of fused-ring (bicyclic) bond motifs is 1. The molecule has 6 unspecified atom stereocenters. The van der Waals surface area contributed by atoms with Crippen LogP contribution in [0.25, 0.3) is 0 Å². The lowest BCUT2D eigenvalue weighted by molar-refractivity contribution is -0.141. The summed E-state index contributed by atoms with van der Waals surface area (Å²) in [6, 6.07) is 0. The van der Waals surface area contributed by atoms with Crippen LogP contribution in [-0.2, 0) is 14.3 Å². The lowest BCUT2D eigenvalue weighted by atomic mass is 9.51. The number of ether oxygens (including phenoxy) is 2. The summed E-state index contributed by atoms with van der Waals surface area (Å²) in [7, 11) is 0. The third-order valence-corrected chi connectivity index (χ3v) is 6.40. The van der Waals surface area contributed by atoms with E-state index in [2.05, 4.69) is 0 Å². The molecule has 19 heavy (non-hydrogen) atoms. The van der Waals surface area contributed by atoms with Crippen molar-refractivity contribution in [3.8, 4) is 0 Å². The van der Waals surface area contributed by atoms with Gasteiger partial charge in [0.1, 0.15) is 0 Å². The quantitative estimate of drug-likeness (QED) is 0.445. The minimum Gasteiger partial charge on any atom is -0.466 e. The van der Waals surface area contributed by atoms with E-state index in [-0.39, 0.29) is 11.6 Å². The normalized spacial score (nSPS) is 49.6. The Morgan fingerprint density at radius 1 is 1.32 bits per heavy atom. The molecule has 0 N–H and O–H groups in total. The number of epoxide rings is 1. The standard InChI is InChI=1S/C16H24O3/c1-10(17)18-6-2-3-13-7-11-4-5-12-8-14(15(11)12)16(13)9-19-16/h11-15H,2-9H2,1H3. The Morgan fingerprint density at radius 3 is 2.74 bits per heavy atom. The number of rotatable bonds is 4. The molecule has 1 saturated heterocycles. The Kier molecular flexibility index (Phi) is 2.70. The molecular weight excluding hydrogens is 240 g/mol. The first-order valence-corrected chi connectivity index (χ1v) is 7.98. The van der Waals surface area contributed by atoms with Gasteiger partial charge in [-0.15, -0.1) is 0 Å². The van der Waals surface area contributed by atoms with Crippen LogP contribution in [0.5, 0.6) is 0 Å². The molecule has 0 aromatic carbocycles. The van der Waals surface area contributed by atoms with Crippen LogP contribution in [0.2, 0.25) is 0 Å². The Morgan fingerprint density at radius 2 is 2.05 bits per heavy atom. The van der Waals surface area contributed by atoms with Crippen molar-refractivity contribution in [2.24, 2.45) is 29.6 Å².